The van der Waals surface area contributed by atoms with Gasteiger partial charge in [0.05, 0.1) is 4.90 Å². The van der Waals surface area contributed by atoms with E-state index in [0.29, 0.717) is 22.7 Å². The van der Waals surface area contributed by atoms with Crippen molar-refractivity contribution in [3.63, 3.8) is 0 Å². The van der Waals surface area contributed by atoms with Crippen molar-refractivity contribution >= 4 is 22.0 Å². The van der Waals surface area contributed by atoms with E-state index < -0.39 is 33.3 Å². The molecule has 1 spiro atoms. The topological polar surface area (TPSA) is 83.6 Å². The van der Waals surface area contributed by atoms with Gasteiger partial charge in [0.2, 0.25) is 0 Å². The van der Waals surface area contributed by atoms with Gasteiger partial charge in [-0.1, -0.05) is 24.3 Å². The fraction of sp³-hybridized carbons (Fsp3) is 0.222. The summed E-state index contributed by atoms with van der Waals surface area (Å²) >= 11 is 0. The van der Waals surface area contributed by atoms with Gasteiger partial charge in [0.25, 0.3) is 15.9 Å². The number of imide groups is 1. The van der Waals surface area contributed by atoms with Crippen molar-refractivity contribution in [2.75, 3.05) is 0 Å². The summed E-state index contributed by atoms with van der Waals surface area (Å²) in [7, 11) is -4.35. The van der Waals surface area contributed by atoms with Gasteiger partial charge in [-0.25, -0.2) is 17.6 Å². The Kier molecular flexibility index (Phi) is 3.62. The molecule has 1 aliphatic heterocycles. The number of hydrogen-bond donors (Lipinski definition) is 1. The predicted octanol–water partition coefficient (Wildman–Crippen LogP) is 2.30. The molecule has 4 rings (SSSR count). The molecule has 1 saturated heterocycles. The largest absolute Gasteiger partial charge is 0.339 e. The minimum atomic E-state index is -4.35. The molecule has 26 heavy (non-hydrogen) atoms. The number of aryl methyl sites for hydroxylation is 1. The third-order valence-electron chi connectivity index (χ3n) is 4.93. The molecule has 2 aromatic carbocycles. The number of rotatable bonds is 2. The van der Waals surface area contributed by atoms with Gasteiger partial charge in [-0.05, 0) is 54.7 Å². The van der Waals surface area contributed by atoms with Gasteiger partial charge in [-0.15, -0.1) is 0 Å². The van der Waals surface area contributed by atoms with E-state index in [-0.39, 0.29) is 11.3 Å². The van der Waals surface area contributed by atoms with Gasteiger partial charge >= 0.3 is 6.03 Å². The Bertz CT molecular complexity index is 1020. The second-order valence-electron chi connectivity index (χ2n) is 6.35. The smallest absolute Gasteiger partial charge is 0.275 e. The molecule has 0 aromatic heterocycles. The molecule has 1 atom stereocenters. The van der Waals surface area contributed by atoms with E-state index in [4.69, 9.17) is 0 Å². The van der Waals surface area contributed by atoms with Gasteiger partial charge in [-0.2, -0.15) is 4.31 Å². The number of urea groups is 1. The first kappa shape index (κ1) is 16.7. The second kappa shape index (κ2) is 5.63. The molecule has 0 saturated carbocycles. The molecule has 6 nitrogen and oxygen atoms in total. The van der Waals surface area contributed by atoms with Crippen molar-refractivity contribution in [3.05, 3.63) is 65.5 Å². The van der Waals surface area contributed by atoms with Gasteiger partial charge in [0, 0.05) is 0 Å². The first-order valence-corrected chi connectivity index (χ1v) is 9.56. The highest BCUT2D eigenvalue weighted by molar-refractivity contribution is 7.89. The summed E-state index contributed by atoms with van der Waals surface area (Å²) in [6.45, 7) is 0. The molecule has 0 radical (unpaired) electrons. The number of amides is 3. The molecule has 1 unspecified atom stereocenters. The van der Waals surface area contributed by atoms with Crippen LogP contribution in [0, 0.1) is 5.82 Å². The van der Waals surface area contributed by atoms with Crippen molar-refractivity contribution in [2.45, 2.75) is 29.7 Å². The number of fused-ring (bicyclic) bond motifs is 2. The number of benzene rings is 2. The fourth-order valence-corrected chi connectivity index (χ4v) is 5.44. The molecule has 2 aromatic rings. The van der Waals surface area contributed by atoms with Gasteiger partial charge < -0.3 is 0 Å². The van der Waals surface area contributed by atoms with Crippen LogP contribution < -0.4 is 5.32 Å². The maximum absolute atomic E-state index is 13.2. The van der Waals surface area contributed by atoms with Crippen LogP contribution in [0.5, 0.6) is 0 Å². The number of nitrogens with zero attached hydrogens (tertiary/aromatic N) is 1. The van der Waals surface area contributed by atoms with Crippen molar-refractivity contribution in [2.24, 2.45) is 0 Å². The Morgan fingerprint density at radius 2 is 1.73 bits per heavy atom. The number of hydrogen-bond acceptors (Lipinski definition) is 4. The zero-order chi connectivity index (χ0) is 18.5. The van der Waals surface area contributed by atoms with Crippen LogP contribution in [0.1, 0.15) is 24.0 Å². The van der Waals surface area contributed by atoms with Gasteiger partial charge in [0.1, 0.15) is 5.82 Å². The molecule has 1 N–H and O–H groups in total. The molecule has 0 bridgehead atoms. The monoisotopic (exact) mass is 374 g/mol. The SMILES string of the molecule is O=C1NC(=O)C2(CCCc3ccccc32)N1S(=O)(=O)c1ccc(F)cc1. The van der Waals surface area contributed by atoms with Crippen molar-refractivity contribution < 1.29 is 22.4 Å². The summed E-state index contributed by atoms with van der Waals surface area (Å²) in [5.41, 5.74) is -0.262. The lowest BCUT2D eigenvalue weighted by Gasteiger charge is -2.38. The van der Waals surface area contributed by atoms with E-state index in [1.54, 1.807) is 12.1 Å². The van der Waals surface area contributed by atoms with Gasteiger partial charge in [-0.3, -0.25) is 10.1 Å². The maximum Gasteiger partial charge on any atom is 0.339 e. The normalized spacial score (nSPS) is 22.4. The average molecular weight is 374 g/mol. The van der Waals surface area contributed by atoms with E-state index in [1.165, 1.54) is 0 Å². The number of halogens is 1. The van der Waals surface area contributed by atoms with Crippen LogP contribution in [0.3, 0.4) is 0 Å². The summed E-state index contributed by atoms with van der Waals surface area (Å²) < 4.78 is 40.2. The van der Waals surface area contributed by atoms with Crippen molar-refractivity contribution in [1.29, 1.82) is 0 Å². The molecule has 1 heterocycles. The standard InChI is InChI=1S/C18H15FN2O4S/c19-13-7-9-14(10-8-13)26(24,25)21-17(23)20-16(22)18(21)11-3-5-12-4-1-2-6-15(12)18/h1-2,4,6-10H,3,5,11H2,(H,20,22,23). The maximum atomic E-state index is 13.2. The second-order valence-corrected chi connectivity index (χ2v) is 8.14. The molecule has 2 aliphatic rings. The third-order valence-corrected chi connectivity index (χ3v) is 6.75. The molecule has 3 amide bonds. The summed E-state index contributed by atoms with van der Waals surface area (Å²) in [5, 5.41) is 2.15. The first-order chi connectivity index (χ1) is 12.4. The quantitative estimate of drug-likeness (QED) is 0.818. The number of sulfonamides is 1. The van der Waals surface area contributed by atoms with Crippen molar-refractivity contribution in [1.82, 2.24) is 9.62 Å². The van der Waals surface area contributed by atoms with E-state index in [0.717, 1.165) is 29.8 Å². The summed E-state index contributed by atoms with van der Waals surface area (Å²) in [6, 6.07) is 10.2. The highest BCUT2D eigenvalue weighted by atomic mass is 32.2. The zero-order valence-electron chi connectivity index (χ0n) is 13.6. The molecular weight excluding hydrogens is 359 g/mol. The Morgan fingerprint density at radius 3 is 2.46 bits per heavy atom. The van der Waals surface area contributed by atoms with E-state index in [9.17, 15) is 22.4 Å². The van der Waals surface area contributed by atoms with Gasteiger partial charge in [0.15, 0.2) is 5.54 Å². The van der Waals surface area contributed by atoms with Crippen LogP contribution in [0.15, 0.2) is 53.4 Å². The predicted molar refractivity (Wildman–Crippen MR) is 90.0 cm³/mol. The fourth-order valence-electron chi connectivity index (χ4n) is 3.80. The van der Waals surface area contributed by atoms with Crippen LogP contribution in [-0.4, -0.2) is 24.7 Å². The van der Waals surface area contributed by atoms with Crippen molar-refractivity contribution in [3.8, 4) is 0 Å². The Hall–Kier alpha value is -2.74. The van der Waals surface area contributed by atoms with Crippen LogP contribution in [0.2, 0.25) is 0 Å². The van der Waals surface area contributed by atoms with Crippen LogP contribution in [0.4, 0.5) is 9.18 Å². The Morgan fingerprint density at radius 1 is 1.04 bits per heavy atom. The number of carbonyl (C=O) groups is 2. The highest BCUT2D eigenvalue weighted by Crippen LogP contribution is 2.45. The molecule has 1 fully saturated rings. The molecule has 134 valence electrons. The lowest BCUT2D eigenvalue weighted by atomic mass is 9.76. The lowest BCUT2D eigenvalue weighted by Crippen LogP contribution is -2.51. The highest BCUT2D eigenvalue weighted by Gasteiger charge is 2.60. The average Bonchev–Trinajstić information content (AvgIpc) is 2.87. The van der Waals surface area contributed by atoms with E-state index >= 15 is 0 Å². The molecular formula is C18H15FN2O4S. The first-order valence-electron chi connectivity index (χ1n) is 8.12. The van der Waals surface area contributed by atoms with E-state index in [2.05, 4.69) is 5.32 Å². The van der Waals surface area contributed by atoms with E-state index in [1.807, 2.05) is 12.1 Å². The summed E-state index contributed by atoms with van der Waals surface area (Å²) in [4.78, 5) is 25.0. The minimum absolute atomic E-state index is 0.196. The van der Waals surface area contributed by atoms with Crippen LogP contribution in [-0.2, 0) is 26.8 Å². The zero-order valence-corrected chi connectivity index (χ0v) is 14.4. The molecule has 1 aliphatic carbocycles. The summed E-state index contributed by atoms with van der Waals surface area (Å²) in [6.07, 6.45) is 1.46. The molecule has 8 heteroatoms. The Balaban J connectivity index is 1.94. The van der Waals surface area contributed by atoms with Crippen LogP contribution in [0.25, 0.3) is 0 Å². The Labute approximate surface area is 149 Å². The van der Waals surface area contributed by atoms with Crippen LogP contribution >= 0.6 is 0 Å². The summed E-state index contributed by atoms with van der Waals surface area (Å²) in [5.74, 6) is -1.25. The third kappa shape index (κ3) is 2.18. The minimum Gasteiger partial charge on any atom is -0.275 e. The lowest BCUT2D eigenvalue weighted by molar-refractivity contribution is -0.126. The number of carbonyl (C=O) groups excluding carboxylic acids is 2. The number of nitrogens with one attached hydrogen (secondary N) is 1.